The van der Waals surface area contributed by atoms with Crippen molar-refractivity contribution < 1.29 is 14.8 Å². The van der Waals surface area contributed by atoms with Crippen molar-refractivity contribution in [2.45, 2.75) is 5.60 Å². The van der Waals surface area contributed by atoms with Gasteiger partial charge in [-0.3, -0.25) is 10.1 Å². The van der Waals surface area contributed by atoms with E-state index in [0.29, 0.717) is 11.4 Å². The van der Waals surface area contributed by atoms with E-state index in [0.717, 1.165) is 0 Å². The molecule has 2 rings (SSSR count). The first-order valence-corrected chi connectivity index (χ1v) is 6.25. The number of aromatic nitrogens is 2. The third-order valence-electron chi connectivity index (χ3n) is 3.00. The third kappa shape index (κ3) is 4.34. The molecule has 1 aromatic heterocycles. The normalized spacial score (nSPS) is 12.8. The molecule has 0 radical (unpaired) electrons. The van der Waals surface area contributed by atoms with Gasteiger partial charge in [0, 0.05) is 23.0 Å². The van der Waals surface area contributed by atoms with Crippen molar-refractivity contribution in [3.63, 3.8) is 0 Å². The summed E-state index contributed by atoms with van der Waals surface area (Å²) in [5.74, 6) is 0.854. The van der Waals surface area contributed by atoms with Crippen molar-refractivity contribution >= 4 is 18.1 Å². The van der Waals surface area contributed by atoms with Crippen molar-refractivity contribution in [2.75, 3.05) is 25.5 Å². The van der Waals surface area contributed by atoms with Crippen LogP contribution in [0.25, 0.3) is 0 Å². The predicted octanol–water partition coefficient (Wildman–Crippen LogP) is 1.42. The van der Waals surface area contributed by atoms with Gasteiger partial charge < -0.3 is 20.1 Å². The first-order valence-electron chi connectivity index (χ1n) is 6.25. The van der Waals surface area contributed by atoms with Gasteiger partial charge in [-0.05, 0) is 24.3 Å². The quantitative estimate of drug-likeness (QED) is 0.523. The molecule has 0 bridgehead atoms. The number of anilines is 1. The third-order valence-corrected chi connectivity index (χ3v) is 3.00. The van der Waals surface area contributed by atoms with Crippen molar-refractivity contribution in [2.24, 2.45) is 0 Å². The Labute approximate surface area is 133 Å². The second-order valence-corrected chi connectivity index (χ2v) is 4.54. The van der Waals surface area contributed by atoms with Gasteiger partial charge in [0.05, 0.1) is 13.7 Å². The lowest BCUT2D eigenvalue weighted by Gasteiger charge is -2.22. The number of imidazole rings is 1. The zero-order valence-corrected chi connectivity index (χ0v) is 12.7. The molecule has 1 aromatic carbocycles. The Morgan fingerprint density at radius 2 is 2.14 bits per heavy atom. The lowest BCUT2D eigenvalue weighted by atomic mass is 10.0. The Morgan fingerprint density at radius 1 is 1.45 bits per heavy atom. The first kappa shape index (κ1) is 17.7. The summed E-state index contributed by atoms with van der Waals surface area (Å²) in [4.78, 5) is 16.8. The summed E-state index contributed by atoms with van der Waals surface area (Å²) in [7, 11) is 1.56. The molecule has 0 saturated heterocycles. The van der Waals surface area contributed by atoms with Gasteiger partial charge in [-0.25, -0.2) is 4.98 Å². The van der Waals surface area contributed by atoms with Crippen LogP contribution in [-0.2, 0) is 5.60 Å². The fourth-order valence-corrected chi connectivity index (χ4v) is 1.90. The van der Waals surface area contributed by atoms with E-state index in [4.69, 9.17) is 4.74 Å². The Kier molecular flexibility index (Phi) is 6.14. The largest absolute Gasteiger partial charge is 0.497 e. The average Bonchev–Trinajstić information content (AvgIpc) is 3.00. The van der Waals surface area contributed by atoms with Gasteiger partial charge in [0.25, 0.3) is 0 Å². The summed E-state index contributed by atoms with van der Waals surface area (Å²) >= 11 is 0. The first-order chi connectivity index (χ1) is 10.0. The molecule has 22 heavy (non-hydrogen) atoms. The van der Waals surface area contributed by atoms with Crippen LogP contribution in [-0.4, -0.2) is 40.2 Å². The van der Waals surface area contributed by atoms with Gasteiger partial charge in [-0.15, -0.1) is 12.4 Å². The molecule has 0 fully saturated rings. The molecule has 1 unspecified atom stereocenters. The lowest BCUT2D eigenvalue weighted by molar-refractivity contribution is -0.502. The number of hydrogen-bond donors (Lipinski definition) is 3. The Hall–Kier alpha value is -2.32. The number of hydrogen-bond acceptors (Lipinski definition) is 6. The van der Waals surface area contributed by atoms with Crippen LogP contribution in [0, 0.1) is 10.1 Å². The maximum atomic E-state index is 10.8. The highest BCUT2D eigenvalue weighted by atomic mass is 35.5. The highest BCUT2D eigenvalue weighted by Gasteiger charge is 2.37. The molecule has 0 saturated carbocycles. The monoisotopic (exact) mass is 328 g/mol. The average molecular weight is 329 g/mol. The standard InChI is InChI=1S/C13H16N4O4.ClH/c1-21-11-4-2-10(3-5-11)16-8-13(18,9-17(19)20)12-14-6-7-15-12;/h2-7,16,18H,8-9H2,1H3,(H,14,15);1H. The van der Waals surface area contributed by atoms with Gasteiger partial charge in [0.1, 0.15) is 11.6 Å². The van der Waals surface area contributed by atoms with Crippen molar-refractivity contribution in [3.05, 3.63) is 52.6 Å². The minimum absolute atomic E-state index is 0. The van der Waals surface area contributed by atoms with E-state index in [1.54, 1.807) is 31.4 Å². The molecular weight excluding hydrogens is 312 g/mol. The molecule has 120 valence electrons. The second kappa shape index (κ2) is 7.62. The summed E-state index contributed by atoms with van der Waals surface area (Å²) < 4.78 is 5.04. The number of aromatic amines is 1. The van der Waals surface area contributed by atoms with E-state index < -0.39 is 17.1 Å². The Bertz CT molecular complexity index is 591. The highest BCUT2D eigenvalue weighted by molar-refractivity contribution is 5.85. The van der Waals surface area contributed by atoms with Crippen LogP contribution >= 0.6 is 12.4 Å². The number of aliphatic hydroxyl groups is 1. The number of methoxy groups -OCH3 is 1. The number of nitro groups is 1. The van der Waals surface area contributed by atoms with Crippen LogP contribution in [0.4, 0.5) is 5.69 Å². The van der Waals surface area contributed by atoms with Gasteiger partial charge in [0.15, 0.2) is 0 Å². The van der Waals surface area contributed by atoms with Gasteiger partial charge in [0.2, 0.25) is 12.1 Å². The molecule has 0 amide bonds. The fraction of sp³-hybridized carbons (Fsp3) is 0.308. The van der Waals surface area contributed by atoms with Crippen molar-refractivity contribution in [1.82, 2.24) is 9.97 Å². The lowest BCUT2D eigenvalue weighted by Crippen LogP contribution is -2.41. The van der Waals surface area contributed by atoms with Crippen LogP contribution < -0.4 is 10.1 Å². The molecule has 3 N–H and O–H groups in total. The molecule has 1 atom stereocenters. The number of ether oxygens (including phenoxy) is 1. The smallest absolute Gasteiger partial charge is 0.241 e. The van der Waals surface area contributed by atoms with Gasteiger partial charge >= 0.3 is 0 Å². The molecule has 8 nitrogen and oxygen atoms in total. The Balaban J connectivity index is 0.00000242. The minimum Gasteiger partial charge on any atom is -0.497 e. The van der Waals surface area contributed by atoms with E-state index in [1.165, 1.54) is 12.4 Å². The number of nitrogens with zero attached hydrogens (tertiary/aromatic N) is 2. The molecule has 9 heteroatoms. The number of halogens is 1. The van der Waals surface area contributed by atoms with E-state index >= 15 is 0 Å². The summed E-state index contributed by atoms with van der Waals surface area (Å²) in [6.45, 7) is -0.697. The number of benzene rings is 1. The molecule has 1 heterocycles. The van der Waals surface area contributed by atoms with Crippen LogP contribution in [0.2, 0.25) is 0 Å². The topological polar surface area (TPSA) is 113 Å². The molecule has 0 spiro atoms. The highest BCUT2D eigenvalue weighted by Crippen LogP contribution is 2.20. The fourth-order valence-electron chi connectivity index (χ4n) is 1.90. The zero-order chi connectivity index (χ0) is 15.3. The van der Waals surface area contributed by atoms with E-state index in [-0.39, 0.29) is 24.8 Å². The summed E-state index contributed by atoms with van der Waals surface area (Å²) in [5, 5.41) is 24.2. The molecule has 0 aliphatic rings. The molecule has 0 aliphatic carbocycles. The van der Waals surface area contributed by atoms with Crippen LogP contribution in [0.3, 0.4) is 0 Å². The summed E-state index contributed by atoms with van der Waals surface area (Å²) in [6.07, 6.45) is 2.95. The van der Waals surface area contributed by atoms with Crippen LogP contribution in [0.15, 0.2) is 36.7 Å². The summed E-state index contributed by atoms with van der Waals surface area (Å²) in [6, 6.07) is 7.02. The van der Waals surface area contributed by atoms with E-state index in [1.807, 2.05) is 0 Å². The van der Waals surface area contributed by atoms with Gasteiger partial charge in [-0.1, -0.05) is 0 Å². The second-order valence-electron chi connectivity index (χ2n) is 4.54. The SMILES string of the molecule is COc1ccc(NCC(O)(C[N+](=O)[O-])c2ncc[nH]2)cc1.Cl. The van der Waals surface area contributed by atoms with E-state index in [9.17, 15) is 15.2 Å². The van der Waals surface area contributed by atoms with Crippen molar-refractivity contribution in [1.29, 1.82) is 0 Å². The maximum absolute atomic E-state index is 10.8. The number of H-pyrrole nitrogens is 1. The van der Waals surface area contributed by atoms with E-state index in [2.05, 4.69) is 15.3 Å². The molecule has 2 aromatic rings. The minimum atomic E-state index is -1.72. The van der Waals surface area contributed by atoms with Crippen molar-refractivity contribution in [3.8, 4) is 5.75 Å². The number of rotatable bonds is 7. The molecule has 0 aliphatic heterocycles. The predicted molar refractivity (Wildman–Crippen MR) is 83.1 cm³/mol. The summed E-state index contributed by atoms with van der Waals surface area (Å²) in [5.41, 5.74) is -1.00. The Morgan fingerprint density at radius 3 is 2.64 bits per heavy atom. The zero-order valence-electron chi connectivity index (χ0n) is 11.9. The van der Waals surface area contributed by atoms with Gasteiger partial charge in [-0.2, -0.15) is 0 Å². The molecular formula is C13H17ClN4O4. The maximum Gasteiger partial charge on any atom is 0.241 e. The van der Waals surface area contributed by atoms with Crippen LogP contribution in [0.1, 0.15) is 5.82 Å². The number of nitrogens with one attached hydrogen (secondary N) is 2. The van der Waals surface area contributed by atoms with Crippen LogP contribution in [0.5, 0.6) is 5.75 Å².